The minimum Gasteiger partial charge on any atom is -0.292 e. The van der Waals surface area contributed by atoms with Crippen molar-refractivity contribution < 1.29 is 0 Å². The van der Waals surface area contributed by atoms with Crippen LogP contribution in [-0.4, -0.2) is 31.7 Å². The van der Waals surface area contributed by atoms with E-state index in [1.807, 2.05) is 16.9 Å². The summed E-state index contributed by atoms with van der Waals surface area (Å²) in [6, 6.07) is 4.37. The molecule has 0 spiro atoms. The van der Waals surface area contributed by atoms with Crippen molar-refractivity contribution in [2.75, 3.05) is 7.05 Å². The van der Waals surface area contributed by atoms with Crippen LogP contribution in [0.15, 0.2) is 30.9 Å². The smallest absolute Gasteiger partial charge is 0.141 e. The largest absolute Gasteiger partial charge is 0.292 e. The summed E-state index contributed by atoms with van der Waals surface area (Å²) in [5, 5.41) is 4.19. The molecule has 5 heteroatoms. The van der Waals surface area contributed by atoms with Crippen LogP contribution in [0.25, 0.3) is 0 Å². The predicted molar refractivity (Wildman–Crippen MR) is 69.8 cm³/mol. The first kappa shape index (κ1) is 12.7. The van der Waals surface area contributed by atoms with Gasteiger partial charge in [-0.3, -0.25) is 9.88 Å². The number of aromatic nitrogens is 4. The molecule has 0 saturated heterocycles. The van der Waals surface area contributed by atoms with Gasteiger partial charge in [-0.1, -0.05) is 6.07 Å². The van der Waals surface area contributed by atoms with Gasteiger partial charge in [0.1, 0.15) is 12.2 Å². The lowest BCUT2D eigenvalue weighted by Crippen LogP contribution is -2.24. The van der Waals surface area contributed by atoms with Crippen LogP contribution >= 0.6 is 0 Å². The van der Waals surface area contributed by atoms with Crippen LogP contribution in [0.3, 0.4) is 0 Å². The van der Waals surface area contributed by atoms with Crippen LogP contribution in [0.5, 0.6) is 0 Å². The maximum absolute atomic E-state index is 4.30. The van der Waals surface area contributed by atoms with Gasteiger partial charge >= 0.3 is 0 Å². The van der Waals surface area contributed by atoms with Gasteiger partial charge < -0.3 is 0 Å². The third kappa shape index (κ3) is 2.73. The van der Waals surface area contributed by atoms with Crippen molar-refractivity contribution in [3.8, 4) is 0 Å². The predicted octanol–water partition coefficient (Wildman–Crippen LogP) is 1.89. The molecule has 2 heterocycles. The van der Waals surface area contributed by atoms with E-state index in [9.17, 15) is 0 Å². The Morgan fingerprint density at radius 2 is 2.28 bits per heavy atom. The summed E-state index contributed by atoms with van der Waals surface area (Å²) in [7, 11) is 2.09. The highest BCUT2D eigenvalue weighted by molar-refractivity contribution is 5.13. The maximum atomic E-state index is 4.30. The Balaban J connectivity index is 2.06. The Bertz CT molecular complexity index is 479. The fourth-order valence-corrected chi connectivity index (χ4v) is 1.91. The molecule has 0 bridgehead atoms. The lowest BCUT2D eigenvalue weighted by atomic mass is 10.1. The van der Waals surface area contributed by atoms with E-state index in [2.05, 4.69) is 46.9 Å². The Labute approximate surface area is 107 Å². The van der Waals surface area contributed by atoms with Gasteiger partial charge in [0.2, 0.25) is 0 Å². The normalized spacial score (nSPS) is 12.9. The van der Waals surface area contributed by atoms with Crippen LogP contribution in [-0.2, 0) is 13.1 Å². The molecule has 18 heavy (non-hydrogen) atoms. The van der Waals surface area contributed by atoms with Crippen molar-refractivity contribution >= 4 is 0 Å². The second kappa shape index (κ2) is 5.73. The summed E-state index contributed by atoms with van der Waals surface area (Å²) in [5.41, 5.74) is 1.21. The van der Waals surface area contributed by atoms with E-state index in [0.29, 0.717) is 6.04 Å². The van der Waals surface area contributed by atoms with Gasteiger partial charge in [-0.05, 0) is 32.5 Å². The molecule has 0 N–H and O–H groups in total. The third-order valence-corrected chi connectivity index (χ3v) is 3.21. The molecule has 96 valence electrons. The Morgan fingerprint density at radius 1 is 1.44 bits per heavy atom. The van der Waals surface area contributed by atoms with Crippen molar-refractivity contribution in [3.05, 3.63) is 42.2 Å². The summed E-state index contributed by atoms with van der Waals surface area (Å²) in [6.45, 7) is 5.88. The molecule has 0 radical (unpaired) electrons. The fourth-order valence-electron chi connectivity index (χ4n) is 1.91. The molecule has 2 aromatic heterocycles. The summed E-state index contributed by atoms with van der Waals surface area (Å²) in [6.07, 6.45) is 5.32. The van der Waals surface area contributed by atoms with Crippen LogP contribution in [0.1, 0.15) is 31.3 Å². The molecule has 5 nitrogen and oxygen atoms in total. The summed E-state index contributed by atoms with van der Waals surface area (Å²) >= 11 is 0. The quantitative estimate of drug-likeness (QED) is 0.807. The van der Waals surface area contributed by atoms with Gasteiger partial charge in [-0.2, -0.15) is 5.10 Å². The molecule has 2 rings (SSSR count). The van der Waals surface area contributed by atoms with Gasteiger partial charge in [0.05, 0.1) is 6.54 Å². The fraction of sp³-hybridized carbons (Fsp3) is 0.462. The molecule has 0 aromatic carbocycles. The number of hydrogen-bond donors (Lipinski definition) is 0. The SMILES string of the molecule is CCn1ncnc1CN(C)[C@H](C)c1cccnc1. The van der Waals surface area contributed by atoms with Crippen LogP contribution in [0, 0.1) is 0 Å². The molecule has 0 unspecified atom stereocenters. The van der Waals surface area contributed by atoms with Crippen LogP contribution < -0.4 is 0 Å². The summed E-state index contributed by atoms with van der Waals surface area (Å²) in [5.74, 6) is 0.996. The minimum absolute atomic E-state index is 0.306. The van der Waals surface area contributed by atoms with E-state index in [0.717, 1.165) is 18.9 Å². The maximum Gasteiger partial charge on any atom is 0.141 e. The van der Waals surface area contributed by atoms with Gasteiger partial charge in [0.15, 0.2) is 0 Å². The van der Waals surface area contributed by atoms with E-state index in [4.69, 9.17) is 0 Å². The highest BCUT2D eigenvalue weighted by atomic mass is 15.3. The van der Waals surface area contributed by atoms with Crippen LogP contribution in [0.2, 0.25) is 0 Å². The molecule has 2 aromatic rings. The Hall–Kier alpha value is -1.75. The van der Waals surface area contributed by atoms with E-state index in [1.54, 1.807) is 12.5 Å². The average Bonchev–Trinajstić information content (AvgIpc) is 2.86. The third-order valence-electron chi connectivity index (χ3n) is 3.21. The highest BCUT2D eigenvalue weighted by Crippen LogP contribution is 2.18. The molecule has 1 atom stereocenters. The van der Waals surface area contributed by atoms with E-state index < -0.39 is 0 Å². The zero-order valence-electron chi connectivity index (χ0n) is 11.1. The van der Waals surface area contributed by atoms with Crippen molar-refractivity contribution in [2.45, 2.75) is 33.0 Å². The number of rotatable bonds is 5. The Kier molecular flexibility index (Phi) is 4.04. The summed E-state index contributed by atoms with van der Waals surface area (Å²) in [4.78, 5) is 10.7. The zero-order valence-corrected chi connectivity index (χ0v) is 11.1. The van der Waals surface area contributed by atoms with E-state index in [-0.39, 0.29) is 0 Å². The van der Waals surface area contributed by atoms with Gasteiger partial charge in [-0.15, -0.1) is 0 Å². The van der Waals surface area contributed by atoms with Crippen molar-refractivity contribution in [1.82, 2.24) is 24.6 Å². The average molecular weight is 245 g/mol. The molecule has 0 aliphatic rings. The molecular formula is C13H19N5. The number of pyridine rings is 1. The van der Waals surface area contributed by atoms with Gasteiger partial charge in [0, 0.05) is 25.0 Å². The molecular weight excluding hydrogens is 226 g/mol. The zero-order chi connectivity index (χ0) is 13.0. The highest BCUT2D eigenvalue weighted by Gasteiger charge is 2.14. The Morgan fingerprint density at radius 3 is 2.94 bits per heavy atom. The molecule has 0 aliphatic heterocycles. The molecule has 0 fully saturated rings. The van der Waals surface area contributed by atoms with Crippen LogP contribution in [0.4, 0.5) is 0 Å². The van der Waals surface area contributed by atoms with Crippen molar-refractivity contribution in [2.24, 2.45) is 0 Å². The molecule has 0 saturated carbocycles. The number of hydrogen-bond acceptors (Lipinski definition) is 4. The summed E-state index contributed by atoms with van der Waals surface area (Å²) < 4.78 is 1.92. The first-order valence-electron chi connectivity index (χ1n) is 6.19. The number of nitrogens with zero attached hydrogens (tertiary/aromatic N) is 5. The lowest BCUT2D eigenvalue weighted by Gasteiger charge is -2.24. The van der Waals surface area contributed by atoms with Gasteiger partial charge in [-0.25, -0.2) is 9.67 Å². The number of aryl methyl sites for hydroxylation is 1. The topological polar surface area (TPSA) is 46.8 Å². The van der Waals surface area contributed by atoms with E-state index >= 15 is 0 Å². The first-order chi connectivity index (χ1) is 8.72. The first-order valence-corrected chi connectivity index (χ1v) is 6.19. The van der Waals surface area contributed by atoms with Gasteiger partial charge in [0.25, 0.3) is 0 Å². The second-order valence-electron chi connectivity index (χ2n) is 4.37. The standard InChI is InChI=1S/C13H19N5/c1-4-18-13(15-10-16-18)9-17(3)11(2)12-6-5-7-14-8-12/h5-8,10-11H,4,9H2,1-3H3/t11-/m1/s1. The second-order valence-corrected chi connectivity index (χ2v) is 4.37. The lowest BCUT2D eigenvalue weighted by molar-refractivity contribution is 0.241. The molecule has 0 aliphatic carbocycles. The van der Waals surface area contributed by atoms with E-state index in [1.165, 1.54) is 5.56 Å². The minimum atomic E-state index is 0.306. The van der Waals surface area contributed by atoms with Crippen molar-refractivity contribution in [3.63, 3.8) is 0 Å². The molecule has 0 amide bonds. The monoisotopic (exact) mass is 245 g/mol. The van der Waals surface area contributed by atoms with Crippen molar-refractivity contribution in [1.29, 1.82) is 0 Å².